The Labute approximate surface area is 115 Å². The van der Waals surface area contributed by atoms with Gasteiger partial charge < -0.3 is 10.1 Å². The Balaban J connectivity index is 2.81. The summed E-state index contributed by atoms with van der Waals surface area (Å²) in [6.45, 7) is 6.43. The highest BCUT2D eigenvalue weighted by molar-refractivity contribution is 7.89. The van der Waals surface area contributed by atoms with Crippen molar-refractivity contribution in [2.24, 2.45) is 5.14 Å². The molecule has 0 heterocycles. The monoisotopic (exact) mass is 286 g/mol. The fourth-order valence-corrected chi connectivity index (χ4v) is 2.52. The first-order chi connectivity index (χ1) is 8.67. The largest absolute Gasteiger partial charge is 0.385 e. The molecule has 0 bridgehead atoms. The zero-order valence-electron chi connectivity index (χ0n) is 11.9. The predicted octanol–water partition coefficient (Wildman–Crippen LogP) is 1.87. The molecule has 0 aliphatic carbocycles. The Morgan fingerprint density at radius 2 is 2.00 bits per heavy atom. The van der Waals surface area contributed by atoms with Gasteiger partial charge in [0.15, 0.2) is 0 Å². The quantitative estimate of drug-likeness (QED) is 0.836. The molecule has 0 aromatic heterocycles. The summed E-state index contributed by atoms with van der Waals surface area (Å²) in [4.78, 5) is 0.156. The van der Waals surface area contributed by atoms with Gasteiger partial charge in [0.05, 0.1) is 10.5 Å². The predicted molar refractivity (Wildman–Crippen MR) is 76.7 cm³/mol. The van der Waals surface area contributed by atoms with Crippen LogP contribution in [0.5, 0.6) is 0 Å². The fourth-order valence-electron chi connectivity index (χ4n) is 1.71. The van der Waals surface area contributed by atoms with Crippen LogP contribution in [0.25, 0.3) is 0 Å². The van der Waals surface area contributed by atoms with Crippen molar-refractivity contribution in [1.82, 2.24) is 0 Å². The minimum atomic E-state index is -3.68. The van der Waals surface area contributed by atoms with Crippen LogP contribution in [0, 0.1) is 6.92 Å². The summed E-state index contributed by atoms with van der Waals surface area (Å²) in [5.41, 5.74) is 1.21. The van der Waals surface area contributed by atoms with Gasteiger partial charge in [0.2, 0.25) is 10.0 Å². The van der Waals surface area contributed by atoms with Crippen LogP contribution in [0.3, 0.4) is 0 Å². The molecule has 19 heavy (non-hydrogen) atoms. The lowest BCUT2D eigenvalue weighted by Crippen LogP contribution is -2.26. The third-order valence-corrected chi connectivity index (χ3v) is 4.24. The molecule has 0 saturated heterocycles. The van der Waals surface area contributed by atoms with E-state index in [0.29, 0.717) is 12.1 Å². The second-order valence-corrected chi connectivity index (χ2v) is 6.64. The van der Waals surface area contributed by atoms with E-state index in [0.717, 1.165) is 12.1 Å². The molecule has 0 atom stereocenters. The molecule has 108 valence electrons. The molecule has 0 saturated carbocycles. The molecule has 6 heteroatoms. The van der Waals surface area contributed by atoms with E-state index in [1.807, 2.05) is 19.9 Å². The van der Waals surface area contributed by atoms with Gasteiger partial charge in [0.25, 0.3) is 0 Å². The van der Waals surface area contributed by atoms with Gasteiger partial charge in [-0.3, -0.25) is 0 Å². The maximum Gasteiger partial charge on any atom is 0.238 e. The van der Waals surface area contributed by atoms with Crippen LogP contribution in [-0.4, -0.2) is 27.7 Å². The zero-order valence-corrected chi connectivity index (χ0v) is 12.7. The summed E-state index contributed by atoms with van der Waals surface area (Å²) in [7, 11) is -2.01. The molecule has 3 N–H and O–H groups in total. The van der Waals surface area contributed by atoms with E-state index in [9.17, 15) is 8.42 Å². The van der Waals surface area contributed by atoms with Gasteiger partial charge in [-0.2, -0.15) is 0 Å². The fraction of sp³-hybridized carbons (Fsp3) is 0.538. The van der Waals surface area contributed by atoms with Gasteiger partial charge in [0, 0.05) is 19.3 Å². The van der Waals surface area contributed by atoms with Crippen LogP contribution >= 0.6 is 0 Å². The van der Waals surface area contributed by atoms with Crippen molar-refractivity contribution in [1.29, 1.82) is 0 Å². The molecular weight excluding hydrogens is 264 g/mol. The van der Waals surface area contributed by atoms with Crippen molar-refractivity contribution in [3.8, 4) is 0 Å². The topological polar surface area (TPSA) is 81.4 Å². The number of nitrogens with one attached hydrogen (secondary N) is 1. The molecule has 0 spiro atoms. The molecule has 1 aromatic carbocycles. The molecule has 0 fully saturated rings. The number of benzene rings is 1. The number of sulfonamides is 1. The average Bonchev–Trinajstić information content (AvgIpc) is 2.29. The smallest absolute Gasteiger partial charge is 0.238 e. The minimum absolute atomic E-state index is 0.156. The Bertz CT molecular complexity index is 539. The minimum Gasteiger partial charge on any atom is -0.385 e. The molecule has 5 nitrogen and oxygen atoms in total. The first-order valence-corrected chi connectivity index (χ1v) is 7.63. The van der Waals surface area contributed by atoms with Crippen molar-refractivity contribution < 1.29 is 13.2 Å². The second kappa shape index (κ2) is 5.90. The Morgan fingerprint density at radius 1 is 1.37 bits per heavy atom. The van der Waals surface area contributed by atoms with Crippen LogP contribution in [0.1, 0.15) is 25.8 Å². The number of rotatable bonds is 6. The highest BCUT2D eigenvalue weighted by Gasteiger charge is 2.17. The number of hydrogen-bond acceptors (Lipinski definition) is 4. The van der Waals surface area contributed by atoms with Crippen molar-refractivity contribution in [2.75, 3.05) is 19.0 Å². The average molecular weight is 286 g/mol. The number of ether oxygens (including phenoxy) is 1. The third-order valence-electron chi connectivity index (χ3n) is 3.19. The Morgan fingerprint density at radius 3 is 2.53 bits per heavy atom. The SMILES string of the molecule is COC(C)(C)CCNc1cccc(S(N)(=O)=O)c1C. The van der Waals surface area contributed by atoms with Crippen LogP contribution in [0.2, 0.25) is 0 Å². The van der Waals surface area contributed by atoms with E-state index in [1.54, 1.807) is 20.1 Å². The van der Waals surface area contributed by atoms with Crippen LogP contribution in [-0.2, 0) is 14.8 Å². The molecule has 1 aromatic rings. The van der Waals surface area contributed by atoms with Gasteiger partial charge in [-0.1, -0.05) is 6.07 Å². The number of methoxy groups -OCH3 is 1. The van der Waals surface area contributed by atoms with Crippen LogP contribution < -0.4 is 10.5 Å². The molecule has 0 amide bonds. The summed E-state index contributed by atoms with van der Waals surface area (Å²) >= 11 is 0. The number of hydrogen-bond donors (Lipinski definition) is 2. The van der Waals surface area contributed by atoms with Gasteiger partial charge in [0.1, 0.15) is 0 Å². The molecule has 1 rings (SSSR count). The molecule has 0 aliphatic heterocycles. The third kappa shape index (κ3) is 4.49. The van der Waals surface area contributed by atoms with E-state index in [-0.39, 0.29) is 10.5 Å². The molecular formula is C13H22N2O3S. The van der Waals surface area contributed by atoms with E-state index >= 15 is 0 Å². The van der Waals surface area contributed by atoms with Crippen molar-refractivity contribution in [3.63, 3.8) is 0 Å². The Hall–Kier alpha value is -1.11. The summed E-state index contributed by atoms with van der Waals surface area (Å²) in [6.07, 6.45) is 0.808. The van der Waals surface area contributed by atoms with Gasteiger partial charge >= 0.3 is 0 Å². The van der Waals surface area contributed by atoms with E-state index in [4.69, 9.17) is 9.88 Å². The van der Waals surface area contributed by atoms with E-state index < -0.39 is 10.0 Å². The highest BCUT2D eigenvalue weighted by Crippen LogP contribution is 2.22. The van der Waals surface area contributed by atoms with Crippen molar-refractivity contribution in [3.05, 3.63) is 23.8 Å². The van der Waals surface area contributed by atoms with Gasteiger partial charge in [-0.15, -0.1) is 0 Å². The lowest BCUT2D eigenvalue weighted by atomic mass is 10.1. The van der Waals surface area contributed by atoms with E-state index in [1.165, 1.54) is 6.07 Å². The summed E-state index contributed by atoms with van der Waals surface area (Å²) < 4.78 is 28.2. The Kier molecular flexibility index (Phi) is 4.95. The normalized spacial score (nSPS) is 12.5. The highest BCUT2D eigenvalue weighted by atomic mass is 32.2. The van der Waals surface area contributed by atoms with E-state index in [2.05, 4.69) is 5.32 Å². The van der Waals surface area contributed by atoms with Gasteiger partial charge in [-0.05, 0) is 44.9 Å². The number of primary sulfonamides is 1. The summed E-state index contributed by atoms with van der Waals surface area (Å²) in [5.74, 6) is 0. The molecule has 0 radical (unpaired) electrons. The lowest BCUT2D eigenvalue weighted by molar-refractivity contribution is 0.0185. The standard InChI is InChI=1S/C13H22N2O3S/c1-10-11(15-9-8-13(2,3)18-4)6-5-7-12(10)19(14,16)17/h5-7,15H,8-9H2,1-4H3,(H2,14,16,17). The van der Waals surface area contributed by atoms with Gasteiger partial charge in [-0.25, -0.2) is 13.6 Å². The first kappa shape index (κ1) is 15.9. The van der Waals surface area contributed by atoms with Crippen molar-refractivity contribution in [2.45, 2.75) is 37.7 Å². The van der Waals surface area contributed by atoms with Crippen LogP contribution in [0.15, 0.2) is 23.1 Å². The summed E-state index contributed by atoms with van der Waals surface area (Å²) in [5, 5.41) is 8.39. The lowest BCUT2D eigenvalue weighted by Gasteiger charge is -2.23. The maximum absolute atomic E-state index is 11.4. The maximum atomic E-state index is 11.4. The van der Waals surface area contributed by atoms with Crippen LogP contribution in [0.4, 0.5) is 5.69 Å². The first-order valence-electron chi connectivity index (χ1n) is 6.09. The van der Waals surface area contributed by atoms with Crippen molar-refractivity contribution >= 4 is 15.7 Å². The number of nitrogens with two attached hydrogens (primary N) is 1. The number of anilines is 1. The second-order valence-electron chi connectivity index (χ2n) is 5.11. The molecule has 0 aliphatic rings. The summed E-state index contributed by atoms with van der Waals surface area (Å²) in [6, 6.07) is 5.02. The zero-order chi connectivity index (χ0) is 14.7. The molecule has 0 unspecified atom stereocenters.